The van der Waals surface area contributed by atoms with Crippen LogP contribution in [0, 0.1) is 0 Å². The van der Waals surface area contributed by atoms with Crippen LogP contribution in [0.2, 0.25) is 0 Å². The monoisotopic (exact) mass is 269 g/mol. The van der Waals surface area contributed by atoms with Gasteiger partial charge in [0.05, 0.1) is 5.60 Å². The van der Waals surface area contributed by atoms with Crippen molar-refractivity contribution in [2.75, 3.05) is 13.2 Å². The van der Waals surface area contributed by atoms with E-state index in [4.69, 9.17) is 4.74 Å². The van der Waals surface area contributed by atoms with E-state index >= 15 is 0 Å². The minimum absolute atomic E-state index is 0.120. The number of hydrogen-bond acceptors (Lipinski definition) is 2. The number of ether oxygens (including phenoxy) is 1. The molecule has 19 heavy (non-hydrogen) atoms. The molecule has 2 nitrogen and oxygen atoms in total. The molecule has 0 heterocycles. The smallest absolute Gasteiger partial charge is 0.0834 e. The van der Waals surface area contributed by atoms with Gasteiger partial charge in [0.15, 0.2) is 0 Å². The van der Waals surface area contributed by atoms with Gasteiger partial charge in [-0.05, 0) is 32.7 Å². The van der Waals surface area contributed by atoms with Gasteiger partial charge >= 0.3 is 0 Å². The fraction of sp³-hybridized carbons (Fsp3) is 1.00. The maximum Gasteiger partial charge on any atom is 0.0834 e. The molecule has 1 N–H and O–H groups in total. The van der Waals surface area contributed by atoms with E-state index in [2.05, 4.69) is 26.1 Å². The molecule has 1 fully saturated rings. The zero-order valence-electron chi connectivity index (χ0n) is 13.5. The zero-order valence-corrected chi connectivity index (χ0v) is 13.5. The summed E-state index contributed by atoms with van der Waals surface area (Å²) in [4.78, 5) is 0. The summed E-state index contributed by atoms with van der Waals surface area (Å²) in [7, 11) is 0. The fourth-order valence-corrected chi connectivity index (χ4v) is 3.60. The van der Waals surface area contributed by atoms with E-state index in [-0.39, 0.29) is 5.60 Å². The van der Waals surface area contributed by atoms with E-state index in [1.54, 1.807) is 0 Å². The topological polar surface area (TPSA) is 21.3 Å². The second-order valence-electron chi connectivity index (χ2n) is 6.02. The molecule has 0 saturated heterocycles. The van der Waals surface area contributed by atoms with Crippen molar-refractivity contribution in [2.45, 2.75) is 96.6 Å². The van der Waals surface area contributed by atoms with Gasteiger partial charge in [0.25, 0.3) is 0 Å². The molecule has 0 radical (unpaired) electrons. The van der Waals surface area contributed by atoms with Gasteiger partial charge in [-0.1, -0.05) is 58.8 Å². The Kier molecular flexibility index (Phi) is 8.72. The minimum atomic E-state index is 0.120. The van der Waals surface area contributed by atoms with Crippen LogP contribution >= 0.6 is 0 Å². The third-order valence-corrected chi connectivity index (χ3v) is 4.56. The van der Waals surface area contributed by atoms with Crippen molar-refractivity contribution < 1.29 is 4.74 Å². The molecule has 1 atom stereocenters. The molecule has 0 bridgehead atoms. The number of rotatable bonds is 9. The molecule has 1 unspecified atom stereocenters. The van der Waals surface area contributed by atoms with Crippen LogP contribution in [0.1, 0.15) is 85.0 Å². The molecule has 0 aromatic heterocycles. The van der Waals surface area contributed by atoms with Gasteiger partial charge in [-0.15, -0.1) is 0 Å². The summed E-state index contributed by atoms with van der Waals surface area (Å²) in [5, 5.41) is 3.74. The molecule has 0 aromatic carbocycles. The van der Waals surface area contributed by atoms with Crippen LogP contribution in [-0.4, -0.2) is 24.8 Å². The average molecular weight is 269 g/mol. The van der Waals surface area contributed by atoms with Crippen molar-refractivity contribution in [2.24, 2.45) is 0 Å². The van der Waals surface area contributed by atoms with E-state index < -0.39 is 0 Å². The van der Waals surface area contributed by atoms with Crippen LogP contribution in [-0.2, 0) is 4.74 Å². The Bertz CT molecular complexity index is 209. The molecule has 0 amide bonds. The summed E-state index contributed by atoms with van der Waals surface area (Å²) in [6.07, 6.45) is 13.3. The minimum Gasteiger partial charge on any atom is -0.374 e. The largest absolute Gasteiger partial charge is 0.374 e. The zero-order chi connectivity index (χ0) is 14.0. The molecule has 0 aromatic rings. The van der Waals surface area contributed by atoms with Crippen LogP contribution in [0.25, 0.3) is 0 Å². The van der Waals surface area contributed by atoms with Gasteiger partial charge in [0.2, 0.25) is 0 Å². The lowest BCUT2D eigenvalue weighted by atomic mass is 9.83. The van der Waals surface area contributed by atoms with Crippen LogP contribution in [0.15, 0.2) is 0 Å². The molecule has 0 aliphatic heterocycles. The van der Waals surface area contributed by atoms with Gasteiger partial charge in [-0.3, -0.25) is 0 Å². The highest BCUT2D eigenvalue weighted by Gasteiger charge is 2.38. The number of hydrogen-bond donors (Lipinski definition) is 1. The van der Waals surface area contributed by atoms with Gasteiger partial charge in [-0.25, -0.2) is 0 Å². The lowest BCUT2D eigenvalue weighted by molar-refractivity contribution is -0.0786. The third kappa shape index (κ3) is 5.43. The lowest BCUT2D eigenvalue weighted by Gasteiger charge is -2.41. The number of unbranched alkanes of at least 4 members (excludes halogenated alkanes) is 2. The van der Waals surface area contributed by atoms with E-state index in [9.17, 15) is 0 Å². The second-order valence-corrected chi connectivity index (χ2v) is 6.02. The first-order chi connectivity index (χ1) is 9.29. The van der Waals surface area contributed by atoms with Crippen molar-refractivity contribution in [1.82, 2.24) is 5.32 Å². The van der Waals surface area contributed by atoms with Gasteiger partial charge in [-0.2, -0.15) is 0 Å². The SMILES string of the molecule is CCCCCC(NCC)C1(OCC)CCCCCC1. The normalized spacial score (nSPS) is 21.0. The highest BCUT2D eigenvalue weighted by atomic mass is 16.5. The lowest BCUT2D eigenvalue weighted by Crippen LogP contribution is -2.52. The van der Waals surface area contributed by atoms with Crippen LogP contribution in [0.4, 0.5) is 0 Å². The summed E-state index contributed by atoms with van der Waals surface area (Å²) >= 11 is 0. The van der Waals surface area contributed by atoms with Crippen molar-refractivity contribution in [3.05, 3.63) is 0 Å². The molecule has 1 rings (SSSR count). The highest BCUT2D eigenvalue weighted by molar-refractivity contribution is 4.94. The Hall–Kier alpha value is -0.0800. The second kappa shape index (κ2) is 9.77. The predicted octanol–water partition coefficient (Wildman–Crippen LogP) is 4.67. The maximum absolute atomic E-state index is 6.33. The first-order valence-corrected chi connectivity index (χ1v) is 8.66. The molecule has 1 aliphatic rings. The van der Waals surface area contributed by atoms with E-state index in [0.717, 1.165) is 13.2 Å². The van der Waals surface area contributed by atoms with E-state index in [1.807, 2.05) is 0 Å². The Morgan fingerprint density at radius 3 is 2.21 bits per heavy atom. The van der Waals surface area contributed by atoms with E-state index in [0.29, 0.717) is 6.04 Å². The Balaban J connectivity index is 2.70. The standard InChI is InChI=1S/C17H35NO/c1-4-7-10-13-16(18-5-2)17(19-6-3)14-11-8-9-12-15-17/h16,18H,4-15H2,1-3H3. The summed E-state index contributed by atoms with van der Waals surface area (Å²) in [5.74, 6) is 0. The molecule has 1 aliphatic carbocycles. The van der Waals surface area contributed by atoms with Crippen LogP contribution in [0.3, 0.4) is 0 Å². The molecule has 1 saturated carbocycles. The molecule has 114 valence electrons. The first-order valence-electron chi connectivity index (χ1n) is 8.66. The van der Waals surface area contributed by atoms with Crippen molar-refractivity contribution in [3.8, 4) is 0 Å². The Morgan fingerprint density at radius 2 is 1.68 bits per heavy atom. The molecular weight excluding hydrogens is 234 g/mol. The Labute approximate surface area is 120 Å². The summed E-state index contributed by atoms with van der Waals surface area (Å²) < 4.78 is 6.33. The molecular formula is C17H35NO. The molecule has 2 heteroatoms. The van der Waals surface area contributed by atoms with Gasteiger partial charge in [0, 0.05) is 12.6 Å². The summed E-state index contributed by atoms with van der Waals surface area (Å²) in [6.45, 7) is 8.58. The Morgan fingerprint density at radius 1 is 1.00 bits per heavy atom. The van der Waals surface area contributed by atoms with Crippen LogP contribution < -0.4 is 5.32 Å². The van der Waals surface area contributed by atoms with Crippen molar-refractivity contribution in [3.63, 3.8) is 0 Å². The van der Waals surface area contributed by atoms with Gasteiger partial charge < -0.3 is 10.1 Å². The molecule has 0 spiro atoms. The number of nitrogens with one attached hydrogen (secondary N) is 1. The van der Waals surface area contributed by atoms with Gasteiger partial charge in [0.1, 0.15) is 0 Å². The summed E-state index contributed by atoms with van der Waals surface area (Å²) in [6, 6.07) is 0.557. The average Bonchev–Trinajstić information content (AvgIpc) is 2.65. The predicted molar refractivity (Wildman–Crippen MR) is 83.7 cm³/mol. The van der Waals surface area contributed by atoms with Crippen molar-refractivity contribution >= 4 is 0 Å². The first kappa shape index (κ1) is 17.0. The summed E-state index contributed by atoms with van der Waals surface area (Å²) in [5.41, 5.74) is 0.120. The number of likely N-dealkylation sites (N-methyl/N-ethyl adjacent to an activating group) is 1. The quantitative estimate of drug-likeness (QED) is 0.485. The van der Waals surface area contributed by atoms with E-state index in [1.165, 1.54) is 64.2 Å². The maximum atomic E-state index is 6.33. The third-order valence-electron chi connectivity index (χ3n) is 4.56. The fourth-order valence-electron chi connectivity index (χ4n) is 3.60. The highest BCUT2D eigenvalue weighted by Crippen LogP contribution is 2.35. The van der Waals surface area contributed by atoms with Crippen LogP contribution in [0.5, 0.6) is 0 Å². The van der Waals surface area contributed by atoms with Crippen molar-refractivity contribution in [1.29, 1.82) is 0 Å².